The topological polar surface area (TPSA) is 76.2 Å². The Kier molecular flexibility index (Phi) is 6.56. The SMILES string of the molecule is CN(C)CCCNc1nc(-c2ccc(CN3CCN(C)CC3)cc2)nc2nc[nH]c12. The smallest absolute Gasteiger partial charge is 0.183 e. The molecular weight excluding hydrogens is 376 g/mol. The molecule has 0 amide bonds. The van der Waals surface area contributed by atoms with Gasteiger partial charge in [-0.1, -0.05) is 24.3 Å². The summed E-state index contributed by atoms with van der Waals surface area (Å²) in [7, 11) is 6.36. The Morgan fingerprint density at radius 1 is 1.07 bits per heavy atom. The zero-order valence-electron chi connectivity index (χ0n) is 18.2. The van der Waals surface area contributed by atoms with Gasteiger partial charge in [-0.25, -0.2) is 15.0 Å². The van der Waals surface area contributed by atoms with Crippen LogP contribution in [0.1, 0.15) is 12.0 Å². The molecule has 30 heavy (non-hydrogen) atoms. The van der Waals surface area contributed by atoms with Gasteiger partial charge in [0, 0.05) is 44.8 Å². The number of hydrogen-bond donors (Lipinski definition) is 2. The Bertz CT molecular complexity index is 941. The number of aromatic nitrogens is 4. The van der Waals surface area contributed by atoms with Crippen molar-refractivity contribution in [1.29, 1.82) is 0 Å². The second-order valence-corrected chi connectivity index (χ2v) is 8.36. The van der Waals surface area contributed by atoms with Gasteiger partial charge in [-0.2, -0.15) is 0 Å². The van der Waals surface area contributed by atoms with Gasteiger partial charge in [-0.3, -0.25) is 4.90 Å². The van der Waals surface area contributed by atoms with Crippen molar-refractivity contribution in [2.45, 2.75) is 13.0 Å². The maximum atomic E-state index is 4.79. The maximum absolute atomic E-state index is 4.79. The summed E-state index contributed by atoms with van der Waals surface area (Å²) in [5, 5.41) is 3.45. The van der Waals surface area contributed by atoms with Gasteiger partial charge in [0.15, 0.2) is 17.3 Å². The number of imidazole rings is 1. The molecule has 4 rings (SSSR count). The van der Waals surface area contributed by atoms with Gasteiger partial charge >= 0.3 is 0 Å². The van der Waals surface area contributed by atoms with Gasteiger partial charge in [0.25, 0.3) is 0 Å². The number of rotatable bonds is 8. The molecule has 0 aliphatic carbocycles. The van der Waals surface area contributed by atoms with E-state index in [1.54, 1.807) is 6.33 Å². The van der Waals surface area contributed by atoms with Crippen LogP contribution < -0.4 is 5.32 Å². The molecule has 1 aromatic carbocycles. The minimum absolute atomic E-state index is 0.691. The number of aromatic amines is 1. The molecule has 1 saturated heterocycles. The summed E-state index contributed by atoms with van der Waals surface area (Å²) in [4.78, 5) is 24.0. The lowest BCUT2D eigenvalue weighted by Gasteiger charge is -2.32. The largest absolute Gasteiger partial charge is 0.368 e. The fraction of sp³-hybridized carbons (Fsp3) is 0.500. The third kappa shape index (κ3) is 5.13. The van der Waals surface area contributed by atoms with E-state index < -0.39 is 0 Å². The third-order valence-corrected chi connectivity index (χ3v) is 5.57. The van der Waals surface area contributed by atoms with E-state index >= 15 is 0 Å². The van der Waals surface area contributed by atoms with E-state index in [0.717, 1.165) is 69.1 Å². The van der Waals surface area contributed by atoms with E-state index in [0.29, 0.717) is 11.5 Å². The quantitative estimate of drug-likeness (QED) is 0.553. The normalized spacial score (nSPS) is 15.9. The van der Waals surface area contributed by atoms with Crippen molar-refractivity contribution in [2.75, 3.05) is 65.7 Å². The Balaban J connectivity index is 1.47. The first-order valence-electron chi connectivity index (χ1n) is 10.7. The lowest BCUT2D eigenvalue weighted by atomic mass is 10.1. The van der Waals surface area contributed by atoms with Gasteiger partial charge < -0.3 is 20.1 Å². The van der Waals surface area contributed by atoms with Crippen LogP contribution in [0.3, 0.4) is 0 Å². The summed E-state index contributed by atoms with van der Waals surface area (Å²) in [5.74, 6) is 1.52. The van der Waals surface area contributed by atoms with Crippen LogP contribution in [0.2, 0.25) is 0 Å². The van der Waals surface area contributed by atoms with E-state index in [1.165, 1.54) is 5.56 Å². The van der Waals surface area contributed by atoms with Gasteiger partial charge in [0.1, 0.15) is 5.52 Å². The van der Waals surface area contributed by atoms with Crippen LogP contribution in [0, 0.1) is 0 Å². The molecule has 3 heterocycles. The molecule has 0 atom stereocenters. The Morgan fingerprint density at radius 3 is 2.57 bits per heavy atom. The van der Waals surface area contributed by atoms with Gasteiger partial charge in [-0.15, -0.1) is 0 Å². The average Bonchev–Trinajstić information content (AvgIpc) is 3.22. The number of H-pyrrole nitrogens is 1. The molecule has 1 fully saturated rings. The Morgan fingerprint density at radius 2 is 1.83 bits per heavy atom. The molecule has 1 aliphatic heterocycles. The summed E-state index contributed by atoms with van der Waals surface area (Å²) >= 11 is 0. The van der Waals surface area contributed by atoms with E-state index in [2.05, 4.69) is 80.4 Å². The van der Waals surface area contributed by atoms with E-state index in [9.17, 15) is 0 Å². The van der Waals surface area contributed by atoms with Crippen molar-refractivity contribution >= 4 is 17.0 Å². The third-order valence-electron chi connectivity index (χ3n) is 5.57. The molecule has 8 nitrogen and oxygen atoms in total. The highest BCUT2D eigenvalue weighted by molar-refractivity contribution is 5.84. The zero-order chi connectivity index (χ0) is 20.9. The van der Waals surface area contributed by atoms with Crippen molar-refractivity contribution < 1.29 is 0 Å². The number of benzene rings is 1. The van der Waals surface area contributed by atoms with Crippen molar-refractivity contribution in [2.24, 2.45) is 0 Å². The van der Waals surface area contributed by atoms with E-state index in [-0.39, 0.29) is 0 Å². The number of fused-ring (bicyclic) bond motifs is 1. The number of likely N-dealkylation sites (N-methyl/N-ethyl adjacent to an activating group) is 1. The van der Waals surface area contributed by atoms with E-state index in [4.69, 9.17) is 4.98 Å². The van der Waals surface area contributed by atoms with Crippen LogP contribution in [0.4, 0.5) is 5.82 Å². The first-order valence-corrected chi connectivity index (χ1v) is 10.7. The first kappa shape index (κ1) is 20.7. The van der Waals surface area contributed by atoms with Crippen LogP contribution in [0.5, 0.6) is 0 Å². The number of anilines is 1. The maximum Gasteiger partial charge on any atom is 0.183 e. The Hall–Kier alpha value is -2.55. The molecular formula is C22H32N8. The van der Waals surface area contributed by atoms with Crippen molar-refractivity contribution in [3.63, 3.8) is 0 Å². The molecule has 0 spiro atoms. The highest BCUT2D eigenvalue weighted by Crippen LogP contribution is 2.23. The number of nitrogens with zero attached hydrogens (tertiary/aromatic N) is 6. The molecule has 0 saturated carbocycles. The van der Waals surface area contributed by atoms with Crippen molar-refractivity contribution in [3.8, 4) is 11.4 Å². The summed E-state index contributed by atoms with van der Waals surface area (Å²) in [6.45, 7) is 7.41. The van der Waals surface area contributed by atoms with Crippen LogP contribution >= 0.6 is 0 Å². The second kappa shape index (κ2) is 9.51. The molecule has 0 radical (unpaired) electrons. The van der Waals surface area contributed by atoms with Gasteiger partial charge in [0.05, 0.1) is 6.33 Å². The van der Waals surface area contributed by atoms with Crippen LogP contribution in [0.25, 0.3) is 22.6 Å². The highest BCUT2D eigenvalue weighted by Gasteiger charge is 2.15. The fourth-order valence-corrected chi connectivity index (χ4v) is 3.72. The minimum atomic E-state index is 0.691. The standard InChI is InChI=1S/C22H32N8/c1-28(2)10-4-9-23-21-19-22(25-16-24-19)27-20(26-21)18-7-5-17(6-8-18)15-30-13-11-29(3)12-14-30/h5-8,16H,4,9-15H2,1-3H3,(H2,23,24,25,26,27). The lowest BCUT2D eigenvalue weighted by molar-refractivity contribution is 0.148. The molecule has 0 unspecified atom stereocenters. The van der Waals surface area contributed by atoms with Crippen LogP contribution in [-0.4, -0.2) is 95.0 Å². The number of nitrogens with one attached hydrogen (secondary N) is 2. The molecule has 2 N–H and O–H groups in total. The molecule has 8 heteroatoms. The van der Waals surface area contributed by atoms with Crippen LogP contribution in [0.15, 0.2) is 30.6 Å². The molecule has 3 aromatic rings. The van der Waals surface area contributed by atoms with E-state index in [1.807, 2.05) is 0 Å². The predicted molar refractivity (Wildman–Crippen MR) is 122 cm³/mol. The molecule has 160 valence electrons. The van der Waals surface area contributed by atoms with Crippen LogP contribution in [-0.2, 0) is 6.54 Å². The molecule has 0 bridgehead atoms. The summed E-state index contributed by atoms with van der Waals surface area (Å²) in [6.07, 6.45) is 2.72. The summed E-state index contributed by atoms with van der Waals surface area (Å²) < 4.78 is 0. The fourth-order valence-electron chi connectivity index (χ4n) is 3.72. The number of piperazine rings is 1. The van der Waals surface area contributed by atoms with Crippen molar-refractivity contribution in [3.05, 3.63) is 36.2 Å². The monoisotopic (exact) mass is 408 g/mol. The van der Waals surface area contributed by atoms with Gasteiger partial charge in [0.2, 0.25) is 0 Å². The molecule has 1 aliphatic rings. The predicted octanol–water partition coefficient (Wildman–Crippen LogP) is 2.13. The lowest BCUT2D eigenvalue weighted by Crippen LogP contribution is -2.43. The minimum Gasteiger partial charge on any atom is -0.368 e. The Labute approximate surface area is 178 Å². The average molecular weight is 409 g/mol. The zero-order valence-corrected chi connectivity index (χ0v) is 18.2. The molecule has 2 aromatic heterocycles. The summed E-state index contributed by atoms with van der Waals surface area (Å²) in [5.41, 5.74) is 3.89. The first-order chi connectivity index (χ1) is 14.6. The second-order valence-electron chi connectivity index (χ2n) is 8.36. The van der Waals surface area contributed by atoms with Gasteiger partial charge in [-0.05, 0) is 39.7 Å². The van der Waals surface area contributed by atoms with Crippen molar-refractivity contribution in [1.82, 2.24) is 34.6 Å². The number of hydrogen-bond acceptors (Lipinski definition) is 7. The highest BCUT2D eigenvalue weighted by atomic mass is 15.2. The summed E-state index contributed by atoms with van der Waals surface area (Å²) in [6, 6.07) is 8.62.